The number of aromatic nitrogens is 3. The molecule has 2 heterocycles. The zero-order valence-corrected chi connectivity index (χ0v) is 13.9. The van der Waals surface area contributed by atoms with Crippen LogP contribution in [0.1, 0.15) is 32.6 Å². The average molecular weight is 332 g/mol. The Kier molecular flexibility index (Phi) is 5.27. The SMILES string of the molecule is CC1CCCCC1NC(=O)CSc1nnc(-c2cccnc2)o1. The standard InChI is InChI=1S/C16H20N4O2S/c1-11-5-2-3-7-13(11)18-14(21)10-23-16-20-19-15(22-16)12-6-4-8-17-9-12/h4,6,8-9,11,13H,2-3,5,7,10H2,1H3,(H,18,21). The predicted octanol–water partition coefficient (Wildman–Crippen LogP) is 2.92. The van der Waals surface area contributed by atoms with Gasteiger partial charge in [0.05, 0.1) is 11.3 Å². The van der Waals surface area contributed by atoms with E-state index in [0.29, 0.717) is 23.1 Å². The molecule has 0 aromatic carbocycles. The van der Waals surface area contributed by atoms with Crippen molar-refractivity contribution in [2.75, 3.05) is 5.75 Å². The first-order valence-electron chi connectivity index (χ1n) is 7.88. The van der Waals surface area contributed by atoms with Gasteiger partial charge in [-0.25, -0.2) is 0 Å². The van der Waals surface area contributed by atoms with Crippen LogP contribution in [0.4, 0.5) is 0 Å². The minimum atomic E-state index is 0.0230. The largest absolute Gasteiger partial charge is 0.411 e. The van der Waals surface area contributed by atoms with Crippen molar-refractivity contribution in [3.05, 3.63) is 24.5 Å². The molecule has 1 aliphatic rings. The highest BCUT2D eigenvalue weighted by atomic mass is 32.2. The summed E-state index contributed by atoms with van der Waals surface area (Å²) in [7, 11) is 0. The normalized spacial score (nSPS) is 21.1. The van der Waals surface area contributed by atoms with Gasteiger partial charge >= 0.3 is 0 Å². The summed E-state index contributed by atoms with van der Waals surface area (Å²) in [6, 6.07) is 3.96. The molecule has 7 heteroatoms. The van der Waals surface area contributed by atoms with Gasteiger partial charge in [-0.15, -0.1) is 10.2 Å². The summed E-state index contributed by atoms with van der Waals surface area (Å²) in [4.78, 5) is 16.1. The maximum Gasteiger partial charge on any atom is 0.277 e. The zero-order chi connectivity index (χ0) is 16.1. The van der Waals surface area contributed by atoms with Crippen molar-refractivity contribution < 1.29 is 9.21 Å². The van der Waals surface area contributed by atoms with E-state index in [0.717, 1.165) is 12.0 Å². The van der Waals surface area contributed by atoms with Gasteiger partial charge in [0, 0.05) is 18.4 Å². The molecule has 122 valence electrons. The fourth-order valence-electron chi connectivity index (χ4n) is 2.78. The number of thioether (sulfide) groups is 1. The van der Waals surface area contributed by atoms with Gasteiger partial charge < -0.3 is 9.73 Å². The second-order valence-electron chi connectivity index (χ2n) is 5.84. The lowest BCUT2D eigenvalue weighted by molar-refractivity contribution is -0.119. The van der Waals surface area contributed by atoms with Crippen LogP contribution in [0.3, 0.4) is 0 Å². The Morgan fingerprint density at radius 3 is 3.04 bits per heavy atom. The van der Waals surface area contributed by atoms with E-state index in [2.05, 4.69) is 27.4 Å². The summed E-state index contributed by atoms with van der Waals surface area (Å²) < 4.78 is 5.55. The summed E-state index contributed by atoms with van der Waals surface area (Å²) in [5, 5.41) is 11.5. The van der Waals surface area contributed by atoms with Crippen molar-refractivity contribution in [2.24, 2.45) is 5.92 Å². The minimum Gasteiger partial charge on any atom is -0.411 e. The molecule has 0 radical (unpaired) electrons. The highest BCUT2D eigenvalue weighted by Crippen LogP contribution is 2.25. The molecular formula is C16H20N4O2S. The molecule has 0 bridgehead atoms. The Balaban J connectivity index is 1.50. The number of carbonyl (C=O) groups excluding carboxylic acids is 1. The van der Waals surface area contributed by atoms with Crippen LogP contribution in [0, 0.1) is 5.92 Å². The third-order valence-electron chi connectivity index (χ3n) is 4.10. The van der Waals surface area contributed by atoms with Gasteiger partial charge in [0.2, 0.25) is 11.8 Å². The number of nitrogens with zero attached hydrogens (tertiary/aromatic N) is 3. The molecule has 2 aromatic rings. The van der Waals surface area contributed by atoms with Gasteiger partial charge in [-0.05, 0) is 30.9 Å². The molecule has 3 rings (SSSR count). The first-order valence-corrected chi connectivity index (χ1v) is 8.87. The number of amides is 1. The number of pyridine rings is 1. The van der Waals surface area contributed by atoms with Crippen molar-refractivity contribution in [3.8, 4) is 11.5 Å². The van der Waals surface area contributed by atoms with Crippen LogP contribution in [0.15, 0.2) is 34.2 Å². The maximum atomic E-state index is 12.1. The molecule has 1 amide bonds. The molecule has 0 aliphatic heterocycles. The maximum absolute atomic E-state index is 12.1. The van der Waals surface area contributed by atoms with E-state index in [1.54, 1.807) is 12.4 Å². The number of hydrogen-bond donors (Lipinski definition) is 1. The lowest BCUT2D eigenvalue weighted by Crippen LogP contribution is -2.41. The minimum absolute atomic E-state index is 0.0230. The number of hydrogen-bond acceptors (Lipinski definition) is 6. The van der Waals surface area contributed by atoms with Crippen molar-refractivity contribution in [2.45, 2.75) is 43.9 Å². The Labute approximate surface area is 139 Å². The summed E-state index contributed by atoms with van der Waals surface area (Å²) in [6.07, 6.45) is 8.08. The quantitative estimate of drug-likeness (QED) is 0.848. The highest BCUT2D eigenvalue weighted by Gasteiger charge is 2.23. The second-order valence-corrected chi connectivity index (χ2v) is 6.77. The lowest BCUT2D eigenvalue weighted by atomic mass is 9.86. The van der Waals surface area contributed by atoms with E-state index in [4.69, 9.17) is 4.42 Å². The number of rotatable bonds is 5. The molecule has 1 aliphatic carbocycles. The molecule has 1 saturated carbocycles. The molecule has 6 nitrogen and oxygen atoms in total. The van der Waals surface area contributed by atoms with E-state index in [-0.39, 0.29) is 11.7 Å². The molecule has 2 atom stereocenters. The first kappa shape index (κ1) is 16.0. The Hall–Kier alpha value is -1.89. The zero-order valence-electron chi connectivity index (χ0n) is 13.1. The summed E-state index contributed by atoms with van der Waals surface area (Å²) in [5.74, 6) is 1.29. The van der Waals surface area contributed by atoms with E-state index in [1.165, 1.54) is 31.0 Å². The van der Waals surface area contributed by atoms with Crippen LogP contribution >= 0.6 is 11.8 Å². The Morgan fingerprint density at radius 2 is 2.26 bits per heavy atom. The van der Waals surface area contributed by atoms with Crippen LogP contribution in [-0.4, -0.2) is 32.9 Å². The topological polar surface area (TPSA) is 80.9 Å². The second kappa shape index (κ2) is 7.59. The first-order chi connectivity index (χ1) is 11.2. The summed E-state index contributed by atoms with van der Waals surface area (Å²) in [5.41, 5.74) is 0.771. The predicted molar refractivity (Wildman–Crippen MR) is 87.8 cm³/mol. The van der Waals surface area contributed by atoms with Gasteiger partial charge in [-0.2, -0.15) is 0 Å². The molecule has 0 saturated heterocycles. The summed E-state index contributed by atoms with van der Waals surface area (Å²) >= 11 is 1.26. The fourth-order valence-corrected chi connectivity index (χ4v) is 3.35. The average Bonchev–Trinajstić information content (AvgIpc) is 3.05. The van der Waals surface area contributed by atoms with E-state index >= 15 is 0 Å². The van der Waals surface area contributed by atoms with Crippen LogP contribution in [0.25, 0.3) is 11.5 Å². The van der Waals surface area contributed by atoms with Gasteiger partial charge in [0.25, 0.3) is 5.22 Å². The van der Waals surface area contributed by atoms with Crippen molar-refractivity contribution in [3.63, 3.8) is 0 Å². The van der Waals surface area contributed by atoms with Gasteiger partial charge in [0.15, 0.2) is 0 Å². The molecule has 2 unspecified atom stereocenters. The van der Waals surface area contributed by atoms with E-state index in [9.17, 15) is 4.79 Å². The lowest BCUT2D eigenvalue weighted by Gasteiger charge is -2.29. The molecule has 0 spiro atoms. The Bertz CT molecular complexity index is 647. The molecule has 1 N–H and O–H groups in total. The van der Waals surface area contributed by atoms with Crippen LogP contribution in [0.2, 0.25) is 0 Å². The van der Waals surface area contributed by atoms with Crippen LogP contribution < -0.4 is 5.32 Å². The Morgan fingerprint density at radius 1 is 1.39 bits per heavy atom. The molecular weight excluding hydrogens is 312 g/mol. The van der Waals surface area contributed by atoms with Gasteiger partial charge in [0.1, 0.15) is 0 Å². The number of carbonyl (C=O) groups is 1. The van der Waals surface area contributed by atoms with E-state index < -0.39 is 0 Å². The van der Waals surface area contributed by atoms with Crippen molar-refractivity contribution in [1.29, 1.82) is 0 Å². The van der Waals surface area contributed by atoms with Crippen LogP contribution in [-0.2, 0) is 4.79 Å². The molecule has 23 heavy (non-hydrogen) atoms. The van der Waals surface area contributed by atoms with Crippen LogP contribution in [0.5, 0.6) is 0 Å². The van der Waals surface area contributed by atoms with Crippen molar-refractivity contribution in [1.82, 2.24) is 20.5 Å². The fraction of sp³-hybridized carbons (Fsp3) is 0.500. The van der Waals surface area contributed by atoms with Crippen molar-refractivity contribution >= 4 is 17.7 Å². The van der Waals surface area contributed by atoms with Gasteiger partial charge in [-0.1, -0.05) is 31.5 Å². The monoisotopic (exact) mass is 332 g/mol. The third-order valence-corrected chi connectivity index (χ3v) is 4.92. The highest BCUT2D eigenvalue weighted by molar-refractivity contribution is 7.99. The smallest absolute Gasteiger partial charge is 0.277 e. The third kappa shape index (κ3) is 4.31. The van der Waals surface area contributed by atoms with E-state index in [1.807, 2.05) is 12.1 Å². The van der Waals surface area contributed by atoms with Gasteiger partial charge in [-0.3, -0.25) is 9.78 Å². The molecule has 2 aromatic heterocycles. The number of nitrogens with one attached hydrogen (secondary N) is 1. The molecule has 1 fully saturated rings. The summed E-state index contributed by atoms with van der Waals surface area (Å²) in [6.45, 7) is 2.20.